The van der Waals surface area contributed by atoms with Crippen molar-refractivity contribution in [1.29, 1.82) is 0 Å². The van der Waals surface area contributed by atoms with Crippen LogP contribution in [0.1, 0.15) is 13.3 Å². The maximum atomic E-state index is 11.6. The maximum absolute atomic E-state index is 11.6. The lowest BCUT2D eigenvalue weighted by molar-refractivity contribution is 0.555. The molecule has 0 bridgehead atoms. The molecule has 0 amide bonds. The van der Waals surface area contributed by atoms with Gasteiger partial charge in [-0.3, -0.25) is 5.10 Å². The lowest BCUT2D eigenvalue weighted by Crippen LogP contribution is -2.35. The number of halogens is 1. The van der Waals surface area contributed by atoms with Gasteiger partial charge in [0.15, 0.2) is 5.03 Å². The van der Waals surface area contributed by atoms with Crippen molar-refractivity contribution in [3.05, 3.63) is 12.3 Å². The summed E-state index contributed by atoms with van der Waals surface area (Å²) in [6.45, 7) is 1.92. The average Bonchev–Trinajstić information content (AvgIpc) is 2.67. The molecule has 80 valence electrons. The van der Waals surface area contributed by atoms with E-state index in [1.165, 1.54) is 12.3 Å². The van der Waals surface area contributed by atoms with Crippen molar-refractivity contribution >= 4 is 26.0 Å². The third-order valence-corrected chi connectivity index (χ3v) is 4.00. The smallest absolute Gasteiger partial charge is 0.257 e. The lowest BCUT2D eigenvalue weighted by Gasteiger charge is -2.12. The number of nitrogens with zero attached hydrogens (tertiary/aromatic N) is 1. The fourth-order valence-electron chi connectivity index (χ4n) is 0.900. The maximum Gasteiger partial charge on any atom is 0.257 e. The van der Waals surface area contributed by atoms with Crippen LogP contribution in [0.25, 0.3) is 0 Å². The second kappa shape index (κ2) is 4.90. The molecule has 0 aliphatic carbocycles. The van der Waals surface area contributed by atoms with Gasteiger partial charge in [-0.15, -0.1) is 0 Å². The highest BCUT2D eigenvalue weighted by Gasteiger charge is 2.19. The van der Waals surface area contributed by atoms with Gasteiger partial charge in [-0.1, -0.05) is 22.9 Å². The van der Waals surface area contributed by atoms with E-state index in [0.29, 0.717) is 5.33 Å². The highest BCUT2D eigenvalue weighted by atomic mass is 79.9. The Morgan fingerprint density at radius 1 is 1.71 bits per heavy atom. The molecule has 1 aromatic rings. The average molecular weight is 282 g/mol. The summed E-state index contributed by atoms with van der Waals surface area (Å²) in [6, 6.07) is 1.33. The Labute approximate surface area is 91.5 Å². The SMILES string of the molecule is CCC(CBr)NS(=O)(=O)c1ccn[nH]1. The molecule has 1 aromatic heterocycles. The Hall–Kier alpha value is -0.400. The monoisotopic (exact) mass is 281 g/mol. The van der Waals surface area contributed by atoms with Gasteiger partial charge in [-0.2, -0.15) is 5.10 Å². The zero-order valence-electron chi connectivity index (χ0n) is 7.70. The number of aromatic nitrogens is 2. The van der Waals surface area contributed by atoms with Crippen LogP contribution in [-0.4, -0.2) is 30.0 Å². The fourth-order valence-corrected chi connectivity index (χ4v) is 2.96. The summed E-state index contributed by atoms with van der Waals surface area (Å²) in [5, 5.41) is 6.70. The Morgan fingerprint density at radius 2 is 2.43 bits per heavy atom. The molecule has 1 atom stereocenters. The number of alkyl halides is 1. The largest absolute Gasteiger partial charge is 0.266 e. The van der Waals surface area contributed by atoms with Gasteiger partial charge in [-0.25, -0.2) is 13.1 Å². The van der Waals surface area contributed by atoms with E-state index in [1.807, 2.05) is 6.92 Å². The number of hydrogen-bond donors (Lipinski definition) is 2. The second-order valence-electron chi connectivity index (χ2n) is 2.80. The van der Waals surface area contributed by atoms with Crippen molar-refractivity contribution in [1.82, 2.24) is 14.9 Å². The number of rotatable bonds is 5. The standard InChI is InChI=1S/C7H12BrN3O2S/c1-2-6(5-8)11-14(12,13)7-3-4-9-10-7/h3-4,6,11H,2,5H2,1H3,(H,9,10). The van der Waals surface area contributed by atoms with E-state index in [-0.39, 0.29) is 11.1 Å². The summed E-state index contributed by atoms with van der Waals surface area (Å²) in [4.78, 5) is 0. The minimum absolute atomic E-state index is 0.0942. The molecule has 0 aromatic carbocycles. The van der Waals surface area contributed by atoms with E-state index in [0.717, 1.165) is 6.42 Å². The van der Waals surface area contributed by atoms with Crippen molar-refractivity contribution < 1.29 is 8.42 Å². The zero-order chi connectivity index (χ0) is 10.6. The van der Waals surface area contributed by atoms with E-state index in [1.54, 1.807) is 0 Å². The van der Waals surface area contributed by atoms with Gasteiger partial charge in [0.25, 0.3) is 10.0 Å². The lowest BCUT2D eigenvalue weighted by atomic mass is 10.3. The number of nitrogens with one attached hydrogen (secondary N) is 2. The van der Waals surface area contributed by atoms with E-state index in [2.05, 4.69) is 30.8 Å². The van der Waals surface area contributed by atoms with Crippen LogP contribution in [0.15, 0.2) is 17.3 Å². The first kappa shape index (κ1) is 11.7. The summed E-state index contributed by atoms with van der Waals surface area (Å²) < 4.78 is 25.8. The molecule has 0 radical (unpaired) electrons. The molecule has 0 saturated carbocycles. The van der Waals surface area contributed by atoms with Crippen molar-refractivity contribution in [3.63, 3.8) is 0 Å². The summed E-state index contributed by atoms with van der Waals surface area (Å²) >= 11 is 3.24. The van der Waals surface area contributed by atoms with Gasteiger partial charge in [0, 0.05) is 11.4 Å². The van der Waals surface area contributed by atoms with Crippen molar-refractivity contribution in [2.24, 2.45) is 0 Å². The molecule has 7 heteroatoms. The van der Waals surface area contributed by atoms with E-state index >= 15 is 0 Å². The first-order chi connectivity index (χ1) is 6.60. The topological polar surface area (TPSA) is 74.8 Å². The predicted molar refractivity (Wildman–Crippen MR) is 56.8 cm³/mol. The highest BCUT2D eigenvalue weighted by Crippen LogP contribution is 2.06. The first-order valence-corrected chi connectivity index (χ1v) is 6.78. The van der Waals surface area contributed by atoms with Crippen molar-refractivity contribution in [2.45, 2.75) is 24.4 Å². The van der Waals surface area contributed by atoms with Gasteiger partial charge in [0.2, 0.25) is 0 Å². The Balaban J connectivity index is 2.77. The third kappa shape index (κ3) is 2.79. The molecule has 0 fully saturated rings. The zero-order valence-corrected chi connectivity index (χ0v) is 10.1. The van der Waals surface area contributed by atoms with Crippen LogP contribution in [0.3, 0.4) is 0 Å². The first-order valence-electron chi connectivity index (χ1n) is 4.17. The van der Waals surface area contributed by atoms with Gasteiger partial charge in [-0.05, 0) is 12.5 Å². The molecule has 2 N–H and O–H groups in total. The normalized spacial score (nSPS) is 14.1. The summed E-state index contributed by atoms with van der Waals surface area (Å²) in [5.41, 5.74) is 0. The predicted octanol–water partition coefficient (Wildman–Crippen LogP) is 0.861. The van der Waals surface area contributed by atoms with E-state index < -0.39 is 10.0 Å². The van der Waals surface area contributed by atoms with Crippen LogP contribution in [0, 0.1) is 0 Å². The van der Waals surface area contributed by atoms with Gasteiger partial charge in [0.05, 0.1) is 6.20 Å². The molecule has 1 unspecified atom stereocenters. The van der Waals surface area contributed by atoms with Gasteiger partial charge < -0.3 is 0 Å². The number of sulfonamides is 1. The van der Waals surface area contributed by atoms with Crippen molar-refractivity contribution in [3.8, 4) is 0 Å². The minimum Gasteiger partial charge on any atom is -0.266 e. The van der Waals surface area contributed by atoms with Crippen LogP contribution >= 0.6 is 15.9 Å². The molecule has 0 aliphatic rings. The van der Waals surface area contributed by atoms with Gasteiger partial charge >= 0.3 is 0 Å². The van der Waals surface area contributed by atoms with Crippen LogP contribution < -0.4 is 4.72 Å². The Kier molecular flexibility index (Phi) is 4.09. The summed E-state index contributed by atoms with van der Waals surface area (Å²) in [5.74, 6) is 0. The second-order valence-corrected chi connectivity index (χ2v) is 5.13. The minimum atomic E-state index is -3.44. The molecule has 14 heavy (non-hydrogen) atoms. The van der Waals surface area contributed by atoms with Crippen LogP contribution in [-0.2, 0) is 10.0 Å². The van der Waals surface area contributed by atoms with Crippen LogP contribution in [0.4, 0.5) is 0 Å². The molecular formula is C7H12BrN3O2S. The van der Waals surface area contributed by atoms with E-state index in [4.69, 9.17) is 0 Å². The quantitative estimate of drug-likeness (QED) is 0.787. The Bertz CT molecular complexity index is 358. The molecule has 0 saturated heterocycles. The summed E-state index contributed by atoms with van der Waals surface area (Å²) in [7, 11) is -3.44. The van der Waals surface area contributed by atoms with Crippen LogP contribution in [0.2, 0.25) is 0 Å². The van der Waals surface area contributed by atoms with Gasteiger partial charge in [0.1, 0.15) is 0 Å². The Morgan fingerprint density at radius 3 is 2.86 bits per heavy atom. The highest BCUT2D eigenvalue weighted by molar-refractivity contribution is 9.09. The molecule has 0 aliphatic heterocycles. The number of hydrogen-bond acceptors (Lipinski definition) is 3. The molecule has 5 nitrogen and oxygen atoms in total. The number of aromatic amines is 1. The molecule has 1 rings (SSSR count). The molecule has 0 spiro atoms. The third-order valence-electron chi connectivity index (χ3n) is 1.77. The molecule has 1 heterocycles. The van der Waals surface area contributed by atoms with E-state index in [9.17, 15) is 8.42 Å². The van der Waals surface area contributed by atoms with Crippen LogP contribution in [0.5, 0.6) is 0 Å². The fraction of sp³-hybridized carbons (Fsp3) is 0.571. The summed E-state index contributed by atoms with van der Waals surface area (Å²) in [6.07, 6.45) is 2.14. The molecular weight excluding hydrogens is 270 g/mol. The van der Waals surface area contributed by atoms with Crippen molar-refractivity contribution in [2.75, 3.05) is 5.33 Å². The number of H-pyrrole nitrogens is 1.